The van der Waals surface area contributed by atoms with Gasteiger partial charge in [-0.2, -0.15) is 0 Å². The van der Waals surface area contributed by atoms with Gasteiger partial charge in [-0.05, 0) is 43.5 Å². The molecule has 2 aromatic rings. The summed E-state index contributed by atoms with van der Waals surface area (Å²) >= 11 is 0. The molecular formula is C15H16O. The molecule has 0 spiro atoms. The summed E-state index contributed by atoms with van der Waals surface area (Å²) in [6.45, 7) is 6.17. The van der Waals surface area contributed by atoms with Crippen LogP contribution in [0.25, 0.3) is 11.1 Å². The van der Waals surface area contributed by atoms with Crippen LogP contribution < -0.4 is 0 Å². The van der Waals surface area contributed by atoms with Crippen LogP contribution in [0.3, 0.4) is 0 Å². The van der Waals surface area contributed by atoms with Crippen molar-refractivity contribution in [2.24, 2.45) is 0 Å². The topological polar surface area (TPSA) is 20.2 Å². The van der Waals surface area contributed by atoms with Crippen molar-refractivity contribution in [3.8, 4) is 16.9 Å². The summed E-state index contributed by atoms with van der Waals surface area (Å²) in [5, 5.41) is 9.94. The predicted octanol–water partition coefficient (Wildman–Crippen LogP) is 3.98. The number of phenolic OH excluding ortho intramolecular Hbond substituents is 1. The maximum Gasteiger partial charge on any atom is 0.123 e. The molecule has 0 aliphatic heterocycles. The van der Waals surface area contributed by atoms with Gasteiger partial charge in [0.2, 0.25) is 0 Å². The monoisotopic (exact) mass is 212 g/mol. The maximum atomic E-state index is 9.94. The zero-order valence-electron chi connectivity index (χ0n) is 9.91. The van der Waals surface area contributed by atoms with Gasteiger partial charge in [-0.25, -0.2) is 0 Å². The molecule has 0 aromatic heterocycles. The lowest BCUT2D eigenvalue weighted by atomic mass is 9.95. The molecule has 0 aliphatic carbocycles. The molecule has 1 nitrogen and oxygen atoms in total. The normalized spacial score (nSPS) is 10.4. The van der Waals surface area contributed by atoms with Crippen molar-refractivity contribution in [2.75, 3.05) is 0 Å². The molecule has 1 heteroatoms. The number of aromatic hydroxyl groups is 1. The number of hydrogen-bond acceptors (Lipinski definition) is 1. The minimum Gasteiger partial charge on any atom is -0.507 e. The fourth-order valence-electron chi connectivity index (χ4n) is 1.89. The van der Waals surface area contributed by atoms with Gasteiger partial charge in [-0.1, -0.05) is 35.9 Å². The Labute approximate surface area is 96.4 Å². The van der Waals surface area contributed by atoms with E-state index >= 15 is 0 Å². The van der Waals surface area contributed by atoms with E-state index in [9.17, 15) is 5.11 Å². The summed E-state index contributed by atoms with van der Waals surface area (Å²) in [6.07, 6.45) is 0. The molecule has 2 aromatic carbocycles. The highest BCUT2D eigenvalue weighted by Crippen LogP contribution is 2.33. The first-order chi connectivity index (χ1) is 7.59. The van der Waals surface area contributed by atoms with E-state index in [1.165, 1.54) is 11.1 Å². The van der Waals surface area contributed by atoms with Crippen LogP contribution in [-0.2, 0) is 0 Å². The highest BCUT2D eigenvalue weighted by atomic mass is 16.3. The molecular weight excluding hydrogens is 196 g/mol. The van der Waals surface area contributed by atoms with E-state index in [2.05, 4.69) is 38.1 Å². The smallest absolute Gasteiger partial charge is 0.123 e. The lowest BCUT2D eigenvalue weighted by Gasteiger charge is -2.11. The van der Waals surface area contributed by atoms with Gasteiger partial charge in [0, 0.05) is 5.56 Å². The Balaban J connectivity index is 2.63. The molecule has 0 amide bonds. The largest absolute Gasteiger partial charge is 0.507 e. The van der Waals surface area contributed by atoms with Gasteiger partial charge in [0.15, 0.2) is 0 Å². The van der Waals surface area contributed by atoms with Gasteiger partial charge < -0.3 is 5.11 Å². The predicted molar refractivity (Wildman–Crippen MR) is 67.8 cm³/mol. The van der Waals surface area contributed by atoms with Crippen molar-refractivity contribution in [1.82, 2.24) is 0 Å². The van der Waals surface area contributed by atoms with Crippen LogP contribution in [0.5, 0.6) is 5.75 Å². The second-order valence-electron chi connectivity index (χ2n) is 4.27. The summed E-state index contributed by atoms with van der Waals surface area (Å²) in [4.78, 5) is 0. The number of hydrogen-bond donors (Lipinski definition) is 1. The third kappa shape index (κ3) is 1.81. The number of benzene rings is 2. The van der Waals surface area contributed by atoms with Gasteiger partial charge in [-0.15, -0.1) is 0 Å². The average molecular weight is 212 g/mol. The van der Waals surface area contributed by atoms with Crippen LogP contribution in [-0.4, -0.2) is 5.11 Å². The molecule has 2 rings (SSSR count). The highest BCUT2D eigenvalue weighted by molar-refractivity contribution is 5.74. The van der Waals surface area contributed by atoms with Crippen molar-refractivity contribution in [3.05, 3.63) is 53.1 Å². The van der Waals surface area contributed by atoms with E-state index in [4.69, 9.17) is 0 Å². The molecule has 0 saturated carbocycles. The second-order valence-corrected chi connectivity index (χ2v) is 4.27. The van der Waals surface area contributed by atoms with E-state index in [0.29, 0.717) is 5.75 Å². The molecule has 0 saturated heterocycles. The van der Waals surface area contributed by atoms with Gasteiger partial charge in [-0.3, -0.25) is 0 Å². The Bertz CT molecular complexity index is 510. The minimum absolute atomic E-state index is 0.354. The first-order valence-corrected chi connectivity index (χ1v) is 5.46. The van der Waals surface area contributed by atoms with E-state index in [1.807, 2.05) is 13.0 Å². The quantitative estimate of drug-likeness (QED) is 0.758. The molecule has 0 fully saturated rings. The van der Waals surface area contributed by atoms with Gasteiger partial charge in [0.25, 0.3) is 0 Å². The van der Waals surface area contributed by atoms with E-state index < -0.39 is 0 Å². The van der Waals surface area contributed by atoms with Crippen LogP contribution in [0.2, 0.25) is 0 Å². The maximum absolute atomic E-state index is 9.94. The van der Waals surface area contributed by atoms with Gasteiger partial charge in [0.05, 0.1) is 0 Å². The molecule has 0 atom stereocenters. The van der Waals surface area contributed by atoms with Crippen molar-refractivity contribution < 1.29 is 5.11 Å². The molecule has 0 heterocycles. The standard InChI is InChI=1S/C15H16O/c1-10-4-7-13(8-5-10)15-12(3)11(2)6-9-14(15)16/h4-9,16H,1-3H3. The van der Waals surface area contributed by atoms with Crippen LogP contribution >= 0.6 is 0 Å². The average Bonchev–Trinajstić information content (AvgIpc) is 2.27. The van der Waals surface area contributed by atoms with Crippen molar-refractivity contribution in [2.45, 2.75) is 20.8 Å². The first-order valence-electron chi connectivity index (χ1n) is 5.46. The minimum atomic E-state index is 0.354. The molecule has 0 radical (unpaired) electrons. The Morgan fingerprint density at radius 3 is 2.06 bits per heavy atom. The lowest BCUT2D eigenvalue weighted by molar-refractivity contribution is 0.477. The van der Waals surface area contributed by atoms with Crippen molar-refractivity contribution in [1.29, 1.82) is 0 Å². The fourth-order valence-corrected chi connectivity index (χ4v) is 1.89. The van der Waals surface area contributed by atoms with Crippen LogP contribution in [0.4, 0.5) is 0 Å². The molecule has 16 heavy (non-hydrogen) atoms. The van der Waals surface area contributed by atoms with Crippen LogP contribution in [0, 0.1) is 20.8 Å². The molecule has 1 N–H and O–H groups in total. The van der Waals surface area contributed by atoms with Crippen LogP contribution in [0.15, 0.2) is 36.4 Å². The fraction of sp³-hybridized carbons (Fsp3) is 0.200. The zero-order chi connectivity index (χ0) is 11.7. The molecule has 82 valence electrons. The summed E-state index contributed by atoms with van der Waals surface area (Å²) < 4.78 is 0. The summed E-state index contributed by atoms with van der Waals surface area (Å²) in [5.74, 6) is 0.354. The van der Waals surface area contributed by atoms with E-state index in [-0.39, 0.29) is 0 Å². The third-order valence-corrected chi connectivity index (χ3v) is 3.05. The third-order valence-electron chi connectivity index (χ3n) is 3.05. The van der Waals surface area contributed by atoms with Crippen molar-refractivity contribution in [3.63, 3.8) is 0 Å². The van der Waals surface area contributed by atoms with Crippen LogP contribution in [0.1, 0.15) is 16.7 Å². The van der Waals surface area contributed by atoms with Gasteiger partial charge >= 0.3 is 0 Å². The number of phenols is 1. The Hall–Kier alpha value is -1.76. The number of aryl methyl sites for hydroxylation is 2. The number of rotatable bonds is 1. The second kappa shape index (κ2) is 4.01. The van der Waals surface area contributed by atoms with E-state index in [0.717, 1.165) is 16.7 Å². The first kappa shape index (κ1) is 10.7. The summed E-state index contributed by atoms with van der Waals surface area (Å²) in [6, 6.07) is 11.9. The van der Waals surface area contributed by atoms with Crippen molar-refractivity contribution >= 4 is 0 Å². The molecule has 0 unspecified atom stereocenters. The molecule has 0 bridgehead atoms. The summed E-state index contributed by atoms with van der Waals surface area (Å²) in [7, 11) is 0. The van der Waals surface area contributed by atoms with Gasteiger partial charge in [0.1, 0.15) is 5.75 Å². The lowest BCUT2D eigenvalue weighted by Crippen LogP contribution is -1.88. The SMILES string of the molecule is Cc1ccc(-c2c(O)ccc(C)c2C)cc1. The Morgan fingerprint density at radius 2 is 1.44 bits per heavy atom. The summed E-state index contributed by atoms with van der Waals surface area (Å²) in [5.41, 5.74) is 5.59. The highest BCUT2D eigenvalue weighted by Gasteiger charge is 2.09. The Kier molecular flexibility index (Phi) is 2.69. The zero-order valence-corrected chi connectivity index (χ0v) is 9.91. The van der Waals surface area contributed by atoms with E-state index in [1.54, 1.807) is 6.07 Å². The Morgan fingerprint density at radius 1 is 0.812 bits per heavy atom. The molecule has 0 aliphatic rings.